The molecular formula is C14H29O7P. The Balaban J connectivity index is 0. The Morgan fingerprint density at radius 3 is 2.14 bits per heavy atom. The molecule has 0 aromatic heterocycles. The van der Waals surface area contributed by atoms with Crippen molar-refractivity contribution >= 4 is 13.8 Å². The van der Waals surface area contributed by atoms with Crippen LogP contribution in [0.25, 0.3) is 0 Å². The van der Waals surface area contributed by atoms with Crippen LogP contribution in [-0.4, -0.2) is 38.5 Å². The quantitative estimate of drug-likeness (QED) is 0.197. The number of unbranched alkanes of at least 4 members (excludes halogenated alkanes) is 5. The highest BCUT2D eigenvalue weighted by molar-refractivity contribution is 7.45. The van der Waals surface area contributed by atoms with Gasteiger partial charge < -0.3 is 24.5 Å². The fourth-order valence-corrected chi connectivity index (χ4v) is 1.66. The minimum Gasteiger partial charge on any atom is -0.462 e. The molecule has 132 valence electrons. The normalized spacial score (nSPS) is 12.0. The second-order valence-corrected chi connectivity index (χ2v) is 5.91. The molecule has 0 aromatic rings. The Hall–Kier alpha value is -0.720. The molecule has 0 rings (SSSR count). The van der Waals surface area contributed by atoms with E-state index in [1.165, 1.54) is 32.1 Å². The van der Waals surface area contributed by atoms with Crippen molar-refractivity contribution < 1.29 is 33.9 Å². The van der Waals surface area contributed by atoms with Crippen molar-refractivity contribution in [2.24, 2.45) is 0 Å². The second-order valence-electron chi connectivity index (χ2n) is 4.88. The molecule has 0 bridgehead atoms. The minimum absolute atomic E-state index is 0.280. The van der Waals surface area contributed by atoms with Crippen molar-refractivity contribution in [3.63, 3.8) is 0 Å². The van der Waals surface area contributed by atoms with Crippen LogP contribution in [0.3, 0.4) is 0 Å². The van der Waals surface area contributed by atoms with Crippen LogP contribution in [0.2, 0.25) is 0 Å². The third-order valence-corrected chi connectivity index (χ3v) is 2.75. The van der Waals surface area contributed by atoms with Gasteiger partial charge in [0.15, 0.2) is 0 Å². The van der Waals surface area contributed by atoms with E-state index in [0.29, 0.717) is 6.42 Å². The van der Waals surface area contributed by atoms with E-state index in [9.17, 15) is 9.90 Å². The molecule has 0 aliphatic carbocycles. The molecule has 0 aromatic carbocycles. The summed E-state index contributed by atoms with van der Waals surface area (Å²) < 4.78 is 13.7. The lowest BCUT2D eigenvalue weighted by Crippen LogP contribution is -2.12. The summed E-state index contributed by atoms with van der Waals surface area (Å²) in [5.74, 6) is -0.420. The number of hydrogen-bond acceptors (Lipinski definition) is 4. The SMILES string of the molecule is C=CC(=O)OCCC(O)CCCCCCCC.O=P(O)(O)O. The zero-order chi connectivity index (χ0) is 17.4. The summed E-state index contributed by atoms with van der Waals surface area (Å²) in [5, 5.41) is 9.62. The Morgan fingerprint density at radius 2 is 1.64 bits per heavy atom. The molecule has 1 unspecified atom stereocenters. The van der Waals surface area contributed by atoms with Crippen LogP contribution in [-0.2, 0) is 14.1 Å². The van der Waals surface area contributed by atoms with Gasteiger partial charge in [-0.15, -0.1) is 0 Å². The maximum atomic E-state index is 10.7. The van der Waals surface area contributed by atoms with Crippen molar-refractivity contribution in [1.82, 2.24) is 0 Å². The number of ether oxygens (including phenoxy) is 1. The molecule has 0 aliphatic heterocycles. The van der Waals surface area contributed by atoms with Gasteiger partial charge in [0.25, 0.3) is 0 Å². The number of phosphoric acid groups is 1. The van der Waals surface area contributed by atoms with E-state index in [0.717, 1.165) is 18.9 Å². The number of esters is 1. The largest absolute Gasteiger partial charge is 0.466 e. The summed E-state index contributed by atoms with van der Waals surface area (Å²) in [6.45, 7) is 5.79. The van der Waals surface area contributed by atoms with Gasteiger partial charge in [-0.2, -0.15) is 0 Å². The van der Waals surface area contributed by atoms with Crippen molar-refractivity contribution in [2.75, 3.05) is 6.61 Å². The average molecular weight is 340 g/mol. The Labute approximate surface area is 132 Å². The number of carbonyl (C=O) groups excluding carboxylic acids is 1. The van der Waals surface area contributed by atoms with E-state index in [1.807, 2.05) is 0 Å². The van der Waals surface area contributed by atoms with Crippen LogP contribution in [0.15, 0.2) is 12.7 Å². The predicted molar refractivity (Wildman–Crippen MR) is 84.0 cm³/mol. The fraction of sp³-hybridized carbons (Fsp3) is 0.786. The maximum Gasteiger partial charge on any atom is 0.466 e. The molecule has 8 heteroatoms. The van der Waals surface area contributed by atoms with Crippen LogP contribution in [0.4, 0.5) is 0 Å². The first-order chi connectivity index (χ1) is 10.2. The van der Waals surface area contributed by atoms with Crippen LogP contribution in [0.1, 0.15) is 58.3 Å². The second kappa shape index (κ2) is 15.2. The predicted octanol–water partition coefficient (Wildman–Crippen LogP) is 2.29. The summed E-state index contributed by atoms with van der Waals surface area (Å²) in [5.41, 5.74) is 0. The van der Waals surface area contributed by atoms with E-state index in [1.54, 1.807) is 0 Å². The molecule has 0 heterocycles. The summed E-state index contributed by atoms with van der Waals surface area (Å²) in [7, 11) is -4.64. The van der Waals surface area contributed by atoms with Gasteiger partial charge in [-0.3, -0.25) is 0 Å². The summed E-state index contributed by atoms with van der Waals surface area (Å²) >= 11 is 0. The Bertz CT molecular complexity index is 319. The molecule has 1 atom stereocenters. The molecule has 22 heavy (non-hydrogen) atoms. The molecular weight excluding hydrogens is 311 g/mol. The third-order valence-electron chi connectivity index (χ3n) is 2.75. The van der Waals surface area contributed by atoms with Gasteiger partial charge in [-0.05, 0) is 6.42 Å². The highest BCUT2D eigenvalue weighted by atomic mass is 31.2. The van der Waals surface area contributed by atoms with Gasteiger partial charge in [-0.25, -0.2) is 9.36 Å². The molecule has 0 saturated carbocycles. The smallest absolute Gasteiger partial charge is 0.462 e. The average Bonchev–Trinajstić information content (AvgIpc) is 2.40. The molecule has 0 saturated heterocycles. The lowest BCUT2D eigenvalue weighted by molar-refractivity contribution is -0.138. The number of aliphatic hydroxyl groups excluding tert-OH is 1. The van der Waals surface area contributed by atoms with Crippen molar-refractivity contribution in [3.05, 3.63) is 12.7 Å². The molecule has 0 aliphatic rings. The molecule has 4 N–H and O–H groups in total. The molecule has 0 spiro atoms. The third kappa shape index (κ3) is 27.6. The van der Waals surface area contributed by atoms with Crippen LogP contribution in [0.5, 0.6) is 0 Å². The van der Waals surface area contributed by atoms with E-state index in [-0.39, 0.29) is 12.7 Å². The van der Waals surface area contributed by atoms with Crippen LogP contribution >= 0.6 is 7.82 Å². The van der Waals surface area contributed by atoms with Gasteiger partial charge >= 0.3 is 13.8 Å². The van der Waals surface area contributed by atoms with Crippen molar-refractivity contribution in [1.29, 1.82) is 0 Å². The number of carbonyl (C=O) groups is 1. The summed E-state index contributed by atoms with van der Waals surface area (Å²) in [6.07, 6.45) is 9.47. The van der Waals surface area contributed by atoms with Crippen LogP contribution < -0.4 is 0 Å². The highest BCUT2D eigenvalue weighted by Gasteiger charge is 2.05. The fourth-order valence-electron chi connectivity index (χ4n) is 1.66. The lowest BCUT2D eigenvalue weighted by atomic mass is 10.1. The van der Waals surface area contributed by atoms with E-state index in [4.69, 9.17) is 24.0 Å². The van der Waals surface area contributed by atoms with Crippen molar-refractivity contribution in [2.45, 2.75) is 64.4 Å². The number of hydrogen-bond donors (Lipinski definition) is 4. The standard InChI is InChI=1S/C14H26O3.H3O4P/c1-3-5-6-7-8-9-10-13(15)11-12-17-14(16)4-2;1-5(2,3)4/h4,13,15H,2-3,5-12H2,1H3;(H3,1,2,3,4). The molecule has 0 radical (unpaired) electrons. The van der Waals surface area contributed by atoms with E-state index >= 15 is 0 Å². The zero-order valence-corrected chi connectivity index (χ0v) is 14.1. The topological polar surface area (TPSA) is 124 Å². The van der Waals surface area contributed by atoms with Gasteiger partial charge in [-0.1, -0.05) is 52.0 Å². The first kappa shape index (κ1) is 23.5. The Kier molecular flexibility index (Phi) is 16.3. The first-order valence-corrected chi connectivity index (χ1v) is 9.02. The monoisotopic (exact) mass is 340 g/mol. The highest BCUT2D eigenvalue weighted by Crippen LogP contribution is 2.25. The summed E-state index contributed by atoms with van der Waals surface area (Å²) in [4.78, 5) is 32.3. The van der Waals surface area contributed by atoms with Crippen LogP contribution in [0, 0.1) is 0 Å². The van der Waals surface area contributed by atoms with Gasteiger partial charge in [0.2, 0.25) is 0 Å². The molecule has 0 amide bonds. The van der Waals surface area contributed by atoms with Gasteiger partial charge in [0.05, 0.1) is 12.7 Å². The zero-order valence-electron chi connectivity index (χ0n) is 13.2. The van der Waals surface area contributed by atoms with E-state index < -0.39 is 13.8 Å². The first-order valence-electron chi connectivity index (χ1n) is 7.46. The molecule has 0 fully saturated rings. The minimum atomic E-state index is -4.64. The van der Waals surface area contributed by atoms with Gasteiger partial charge in [0.1, 0.15) is 0 Å². The van der Waals surface area contributed by atoms with Gasteiger partial charge in [0, 0.05) is 12.5 Å². The Morgan fingerprint density at radius 1 is 1.14 bits per heavy atom. The number of aliphatic hydroxyl groups is 1. The summed E-state index contributed by atoms with van der Waals surface area (Å²) in [6, 6.07) is 0. The van der Waals surface area contributed by atoms with E-state index in [2.05, 4.69) is 13.5 Å². The van der Waals surface area contributed by atoms with Crippen molar-refractivity contribution in [3.8, 4) is 0 Å². The molecule has 7 nitrogen and oxygen atoms in total. The lowest BCUT2D eigenvalue weighted by Gasteiger charge is -2.10. The number of rotatable bonds is 11. The maximum absolute atomic E-state index is 10.7.